The number of nitrogens with zero attached hydrogens (tertiary/aromatic N) is 1. The molecular weight excluding hydrogens is 323 g/mol. The van der Waals surface area contributed by atoms with Crippen LogP contribution in [0.5, 0.6) is 0 Å². The first-order valence-electron chi connectivity index (χ1n) is 6.03. The molecule has 0 unspecified atom stereocenters. The Morgan fingerprint density at radius 1 is 1.30 bits per heavy atom. The van der Waals surface area contributed by atoms with E-state index < -0.39 is 5.82 Å². The number of amides is 1. The van der Waals surface area contributed by atoms with Crippen molar-refractivity contribution < 1.29 is 9.18 Å². The van der Waals surface area contributed by atoms with Crippen molar-refractivity contribution in [2.45, 2.75) is 6.54 Å². The van der Waals surface area contributed by atoms with E-state index in [0.717, 1.165) is 16.1 Å². The molecule has 2 rings (SSSR count). The molecule has 0 aliphatic rings. The molecule has 0 heterocycles. The molecule has 0 bridgehead atoms. The van der Waals surface area contributed by atoms with Crippen LogP contribution in [0.2, 0.25) is 0 Å². The Labute approximate surface area is 125 Å². The zero-order valence-electron chi connectivity index (χ0n) is 10.9. The number of nitrogens with two attached hydrogens (primary N) is 1. The number of benzene rings is 2. The molecule has 0 radical (unpaired) electrons. The summed E-state index contributed by atoms with van der Waals surface area (Å²) in [6, 6.07) is 11.7. The lowest BCUT2D eigenvalue weighted by Gasteiger charge is -2.18. The van der Waals surface area contributed by atoms with Crippen LogP contribution in [0.3, 0.4) is 0 Å². The van der Waals surface area contributed by atoms with Crippen LogP contribution in [0.1, 0.15) is 15.9 Å². The molecule has 20 heavy (non-hydrogen) atoms. The van der Waals surface area contributed by atoms with E-state index in [-0.39, 0.29) is 17.2 Å². The Bertz CT molecular complexity index is 646. The van der Waals surface area contributed by atoms with E-state index in [2.05, 4.69) is 15.9 Å². The molecule has 0 aliphatic carbocycles. The van der Waals surface area contributed by atoms with Crippen molar-refractivity contribution in [1.29, 1.82) is 0 Å². The predicted molar refractivity (Wildman–Crippen MR) is 80.8 cm³/mol. The number of carbonyl (C=O) groups is 1. The maximum Gasteiger partial charge on any atom is 0.254 e. The number of hydrogen-bond donors (Lipinski definition) is 1. The molecule has 0 atom stereocenters. The van der Waals surface area contributed by atoms with Gasteiger partial charge < -0.3 is 10.6 Å². The van der Waals surface area contributed by atoms with Gasteiger partial charge in [0.05, 0.1) is 5.69 Å². The van der Waals surface area contributed by atoms with E-state index in [0.29, 0.717) is 6.54 Å². The molecule has 0 saturated heterocycles. The number of anilines is 1. The van der Waals surface area contributed by atoms with Gasteiger partial charge in [-0.2, -0.15) is 0 Å². The summed E-state index contributed by atoms with van der Waals surface area (Å²) in [5, 5.41) is 0. The van der Waals surface area contributed by atoms with Crippen molar-refractivity contribution >= 4 is 27.5 Å². The molecule has 1 amide bonds. The van der Waals surface area contributed by atoms with Crippen LogP contribution in [0, 0.1) is 5.82 Å². The van der Waals surface area contributed by atoms with Crippen molar-refractivity contribution in [3.8, 4) is 0 Å². The van der Waals surface area contributed by atoms with Gasteiger partial charge in [0.1, 0.15) is 5.82 Å². The Morgan fingerprint density at radius 3 is 2.65 bits per heavy atom. The standard InChI is InChI=1S/C15H14BrFN2O/c1-19(9-11-4-2-3-5-12(11)16)15(20)10-6-7-14(18)13(17)8-10/h2-8H,9,18H2,1H3. The topological polar surface area (TPSA) is 46.3 Å². The van der Waals surface area contributed by atoms with Gasteiger partial charge in [-0.25, -0.2) is 4.39 Å². The highest BCUT2D eigenvalue weighted by molar-refractivity contribution is 9.10. The molecule has 0 aliphatic heterocycles. The van der Waals surface area contributed by atoms with Gasteiger partial charge in [-0.05, 0) is 29.8 Å². The first kappa shape index (κ1) is 14.5. The lowest BCUT2D eigenvalue weighted by atomic mass is 10.1. The lowest BCUT2D eigenvalue weighted by molar-refractivity contribution is 0.0784. The van der Waals surface area contributed by atoms with Crippen molar-refractivity contribution in [2.75, 3.05) is 12.8 Å². The van der Waals surface area contributed by atoms with Gasteiger partial charge in [0.25, 0.3) is 5.91 Å². The maximum atomic E-state index is 13.4. The fraction of sp³-hybridized carbons (Fsp3) is 0.133. The van der Waals surface area contributed by atoms with Gasteiger partial charge in [-0.3, -0.25) is 4.79 Å². The summed E-state index contributed by atoms with van der Waals surface area (Å²) in [5.74, 6) is -0.829. The van der Waals surface area contributed by atoms with Crippen molar-refractivity contribution in [2.24, 2.45) is 0 Å². The van der Waals surface area contributed by atoms with Gasteiger partial charge in [-0.15, -0.1) is 0 Å². The molecule has 2 aromatic carbocycles. The van der Waals surface area contributed by atoms with E-state index >= 15 is 0 Å². The maximum absolute atomic E-state index is 13.4. The second-order valence-corrected chi connectivity index (χ2v) is 5.34. The number of nitrogen functional groups attached to an aromatic ring is 1. The third-order valence-corrected chi connectivity index (χ3v) is 3.73. The fourth-order valence-electron chi connectivity index (χ4n) is 1.83. The van der Waals surface area contributed by atoms with Crippen LogP contribution in [0.4, 0.5) is 10.1 Å². The Balaban J connectivity index is 2.16. The Morgan fingerprint density at radius 2 is 2.00 bits per heavy atom. The van der Waals surface area contributed by atoms with Crippen LogP contribution in [-0.4, -0.2) is 17.9 Å². The van der Waals surface area contributed by atoms with Gasteiger partial charge in [0, 0.05) is 23.6 Å². The fourth-order valence-corrected chi connectivity index (χ4v) is 2.24. The molecule has 0 spiro atoms. The summed E-state index contributed by atoms with van der Waals surface area (Å²) < 4.78 is 14.3. The van der Waals surface area contributed by atoms with Gasteiger partial charge in [0.15, 0.2) is 0 Å². The SMILES string of the molecule is CN(Cc1ccccc1Br)C(=O)c1ccc(N)c(F)c1. The quantitative estimate of drug-likeness (QED) is 0.872. The van der Waals surface area contributed by atoms with E-state index in [4.69, 9.17) is 5.73 Å². The zero-order valence-corrected chi connectivity index (χ0v) is 12.5. The summed E-state index contributed by atoms with van der Waals surface area (Å²) in [5.41, 5.74) is 6.71. The van der Waals surface area contributed by atoms with E-state index in [1.807, 2.05) is 24.3 Å². The summed E-state index contributed by atoms with van der Waals surface area (Å²) in [6.07, 6.45) is 0. The highest BCUT2D eigenvalue weighted by atomic mass is 79.9. The Hall–Kier alpha value is -1.88. The molecule has 0 fully saturated rings. The lowest BCUT2D eigenvalue weighted by Crippen LogP contribution is -2.26. The van der Waals surface area contributed by atoms with Crippen LogP contribution in [0.25, 0.3) is 0 Å². The van der Waals surface area contributed by atoms with Crippen molar-refractivity contribution in [1.82, 2.24) is 4.90 Å². The highest BCUT2D eigenvalue weighted by Crippen LogP contribution is 2.19. The monoisotopic (exact) mass is 336 g/mol. The van der Waals surface area contributed by atoms with Crippen molar-refractivity contribution in [3.05, 3.63) is 63.9 Å². The smallest absolute Gasteiger partial charge is 0.254 e. The van der Waals surface area contributed by atoms with Gasteiger partial charge >= 0.3 is 0 Å². The minimum Gasteiger partial charge on any atom is -0.396 e. The third-order valence-electron chi connectivity index (χ3n) is 2.96. The number of carbonyl (C=O) groups excluding carboxylic acids is 1. The summed E-state index contributed by atoms with van der Waals surface area (Å²) in [7, 11) is 1.68. The molecule has 0 aromatic heterocycles. The summed E-state index contributed by atoms with van der Waals surface area (Å²) >= 11 is 3.44. The predicted octanol–water partition coefficient (Wildman–Crippen LogP) is 3.44. The second-order valence-electron chi connectivity index (χ2n) is 4.49. The Kier molecular flexibility index (Phi) is 4.39. The molecule has 3 nitrogen and oxygen atoms in total. The number of halogens is 2. The molecular formula is C15H14BrFN2O. The average molecular weight is 337 g/mol. The minimum atomic E-state index is -0.579. The van der Waals surface area contributed by atoms with E-state index in [9.17, 15) is 9.18 Å². The van der Waals surface area contributed by atoms with Gasteiger partial charge in [-0.1, -0.05) is 34.1 Å². The third kappa shape index (κ3) is 3.17. The molecule has 0 saturated carbocycles. The number of rotatable bonds is 3. The largest absolute Gasteiger partial charge is 0.396 e. The molecule has 2 N–H and O–H groups in total. The molecule has 5 heteroatoms. The van der Waals surface area contributed by atoms with E-state index in [1.165, 1.54) is 17.0 Å². The second kappa shape index (κ2) is 6.05. The zero-order chi connectivity index (χ0) is 14.7. The normalized spacial score (nSPS) is 10.3. The summed E-state index contributed by atoms with van der Waals surface area (Å²) in [6.45, 7) is 0.437. The van der Waals surface area contributed by atoms with Crippen molar-refractivity contribution in [3.63, 3.8) is 0 Å². The number of hydrogen-bond acceptors (Lipinski definition) is 2. The van der Waals surface area contributed by atoms with Crippen LogP contribution >= 0.6 is 15.9 Å². The highest BCUT2D eigenvalue weighted by Gasteiger charge is 2.14. The van der Waals surface area contributed by atoms with E-state index in [1.54, 1.807) is 7.05 Å². The molecule has 2 aromatic rings. The van der Waals surface area contributed by atoms with Crippen LogP contribution in [-0.2, 0) is 6.54 Å². The minimum absolute atomic E-state index is 0.0370. The van der Waals surface area contributed by atoms with Crippen LogP contribution in [0.15, 0.2) is 46.9 Å². The van der Waals surface area contributed by atoms with Gasteiger partial charge in [0.2, 0.25) is 0 Å². The summed E-state index contributed by atoms with van der Waals surface area (Å²) in [4.78, 5) is 13.8. The average Bonchev–Trinajstić information content (AvgIpc) is 2.43. The first-order chi connectivity index (χ1) is 9.49. The first-order valence-corrected chi connectivity index (χ1v) is 6.82. The van der Waals surface area contributed by atoms with Crippen LogP contribution < -0.4 is 5.73 Å². The molecule has 104 valence electrons.